The molecular weight excluding hydrogens is 324 g/mol. The van der Waals surface area contributed by atoms with Gasteiger partial charge in [0, 0.05) is 6.20 Å². The summed E-state index contributed by atoms with van der Waals surface area (Å²) in [6.07, 6.45) is 0.840. The Kier molecular flexibility index (Phi) is 3.47. The third-order valence-corrected chi connectivity index (χ3v) is 4.82. The van der Waals surface area contributed by atoms with Crippen molar-refractivity contribution in [3.8, 4) is 5.75 Å². The summed E-state index contributed by atoms with van der Waals surface area (Å²) in [5.41, 5.74) is -0.168. The minimum absolute atomic E-state index is 0.101. The number of ether oxygens (including phenoxy) is 1. The number of hydrogen-bond acceptors (Lipinski definition) is 5. The molecule has 1 unspecified atom stereocenters. The maximum Gasteiger partial charge on any atom is 0.276 e. The molecule has 7 heteroatoms. The molecule has 3 heterocycles. The van der Waals surface area contributed by atoms with Gasteiger partial charge in [-0.05, 0) is 12.5 Å². The number of carbonyl (C=O) groups is 2. The lowest BCUT2D eigenvalue weighted by atomic mass is 10.0. The Morgan fingerprint density at radius 3 is 2.64 bits per heavy atom. The number of aromatic nitrogens is 1. The van der Waals surface area contributed by atoms with Gasteiger partial charge in [-0.25, -0.2) is 0 Å². The first kappa shape index (κ1) is 15.6. The van der Waals surface area contributed by atoms with Crippen LogP contribution in [0.2, 0.25) is 0 Å². The van der Waals surface area contributed by atoms with Gasteiger partial charge < -0.3 is 19.3 Å². The maximum absolute atomic E-state index is 12.9. The number of aldehydes is 1. The normalized spacial score (nSPS) is 24.8. The van der Waals surface area contributed by atoms with Crippen LogP contribution in [0.25, 0.3) is 0 Å². The Morgan fingerprint density at radius 1 is 1.24 bits per heavy atom. The molecule has 7 nitrogen and oxygen atoms in total. The maximum atomic E-state index is 12.9. The molecule has 0 radical (unpaired) electrons. The van der Waals surface area contributed by atoms with E-state index in [0.29, 0.717) is 6.29 Å². The van der Waals surface area contributed by atoms with E-state index in [1.54, 1.807) is 4.90 Å². The van der Waals surface area contributed by atoms with Crippen LogP contribution in [-0.4, -0.2) is 39.0 Å². The summed E-state index contributed by atoms with van der Waals surface area (Å²) in [5.74, 6) is -1.17. The Morgan fingerprint density at radius 2 is 1.96 bits per heavy atom. The van der Waals surface area contributed by atoms with Crippen LogP contribution >= 0.6 is 0 Å². The van der Waals surface area contributed by atoms with Crippen molar-refractivity contribution in [3.05, 3.63) is 63.6 Å². The average molecular weight is 340 g/mol. The van der Waals surface area contributed by atoms with Gasteiger partial charge in [0.15, 0.2) is 24.0 Å². The summed E-state index contributed by atoms with van der Waals surface area (Å²) in [7, 11) is 0. The van der Waals surface area contributed by atoms with Crippen LogP contribution in [0.3, 0.4) is 0 Å². The summed E-state index contributed by atoms with van der Waals surface area (Å²) in [5, 5.41) is 10.1. The molecule has 2 aliphatic heterocycles. The number of amides is 1. The van der Waals surface area contributed by atoms with Crippen molar-refractivity contribution in [1.82, 2.24) is 9.47 Å². The van der Waals surface area contributed by atoms with Crippen LogP contribution in [0, 0.1) is 0 Å². The molecule has 0 saturated carbocycles. The van der Waals surface area contributed by atoms with Crippen LogP contribution in [0.4, 0.5) is 0 Å². The molecule has 2 aliphatic rings. The number of rotatable bonds is 2. The quantitative estimate of drug-likeness (QED) is 0.833. The average Bonchev–Trinajstić information content (AvgIpc) is 2.95. The van der Waals surface area contributed by atoms with Crippen LogP contribution < -0.4 is 5.43 Å². The van der Waals surface area contributed by atoms with Gasteiger partial charge in [-0.3, -0.25) is 14.4 Å². The second-order valence-electron chi connectivity index (χ2n) is 6.26. The minimum Gasteiger partial charge on any atom is -0.503 e. The molecule has 2 aromatic rings. The van der Waals surface area contributed by atoms with Gasteiger partial charge in [-0.15, -0.1) is 0 Å². The Labute approximate surface area is 143 Å². The van der Waals surface area contributed by atoms with Crippen LogP contribution in [0.15, 0.2) is 41.3 Å². The molecule has 1 amide bonds. The monoisotopic (exact) mass is 340 g/mol. The number of hydrogen-bond donors (Lipinski definition) is 1. The minimum atomic E-state index is -0.833. The van der Waals surface area contributed by atoms with E-state index in [1.165, 1.54) is 10.8 Å². The molecule has 1 aromatic carbocycles. The van der Waals surface area contributed by atoms with Crippen molar-refractivity contribution in [1.29, 1.82) is 0 Å². The number of nitrogens with zero attached hydrogens (tertiary/aromatic N) is 2. The van der Waals surface area contributed by atoms with Gasteiger partial charge in [0.25, 0.3) is 5.91 Å². The summed E-state index contributed by atoms with van der Waals surface area (Å²) < 4.78 is 7.49. The zero-order valence-electron chi connectivity index (χ0n) is 13.5. The molecule has 25 heavy (non-hydrogen) atoms. The van der Waals surface area contributed by atoms with E-state index in [4.69, 9.17) is 4.74 Å². The molecule has 0 bridgehead atoms. The van der Waals surface area contributed by atoms with Gasteiger partial charge >= 0.3 is 0 Å². The molecule has 1 fully saturated rings. The van der Waals surface area contributed by atoms with Crippen molar-refractivity contribution < 1.29 is 19.4 Å². The number of pyridine rings is 1. The Balaban J connectivity index is 1.77. The second-order valence-corrected chi connectivity index (χ2v) is 6.26. The fourth-order valence-corrected chi connectivity index (χ4v) is 3.62. The van der Waals surface area contributed by atoms with E-state index < -0.39 is 23.3 Å². The Hall–Kier alpha value is -2.93. The van der Waals surface area contributed by atoms with Crippen LogP contribution in [-0.2, 0) is 11.3 Å². The first-order valence-electron chi connectivity index (χ1n) is 7.97. The van der Waals surface area contributed by atoms with Gasteiger partial charge in [0.1, 0.15) is 6.10 Å². The molecule has 0 spiro atoms. The lowest BCUT2D eigenvalue weighted by molar-refractivity contribution is -0.0153. The van der Waals surface area contributed by atoms with Crippen molar-refractivity contribution in [3.63, 3.8) is 0 Å². The Bertz CT molecular complexity index is 921. The van der Waals surface area contributed by atoms with Crippen molar-refractivity contribution in [2.75, 3.05) is 0 Å². The summed E-state index contributed by atoms with van der Waals surface area (Å²) in [4.78, 5) is 37.4. The second kappa shape index (κ2) is 5.56. The number of benzene rings is 1. The molecular formula is C18H16N2O5. The predicted molar refractivity (Wildman–Crippen MR) is 87.4 cm³/mol. The molecule has 4 rings (SSSR count). The highest BCUT2D eigenvalue weighted by Crippen LogP contribution is 2.39. The smallest absolute Gasteiger partial charge is 0.276 e. The number of carbonyl (C=O) groups excluding carboxylic acids is 2. The molecule has 1 N–H and O–H groups in total. The molecule has 1 saturated heterocycles. The molecule has 3 atom stereocenters. The van der Waals surface area contributed by atoms with Crippen molar-refractivity contribution in [2.45, 2.75) is 31.8 Å². The van der Waals surface area contributed by atoms with E-state index in [2.05, 4.69) is 0 Å². The van der Waals surface area contributed by atoms with E-state index in [-0.39, 0.29) is 29.9 Å². The predicted octanol–water partition coefficient (Wildman–Crippen LogP) is 1.31. The fraction of sp³-hybridized carbons (Fsp3) is 0.278. The lowest BCUT2D eigenvalue weighted by Gasteiger charge is -2.33. The first-order valence-corrected chi connectivity index (χ1v) is 7.97. The lowest BCUT2D eigenvalue weighted by Crippen LogP contribution is -2.48. The highest BCUT2D eigenvalue weighted by molar-refractivity contribution is 5.97. The van der Waals surface area contributed by atoms with E-state index in [0.717, 1.165) is 5.56 Å². The van der Waals surface area contributed by atoms with Gasteiger partial charge in [-0.1, -0.05) is 30.3 Å². The largest absolute Gasteiger partial charge is 0.503 e. The first-order chi connectivity index (χ1) is 12.0. The van der Waals surface area contributed by atoms with E-state index >= 15 is 0 Å². The van der Waals surface area contributed by atoms with Crippen LogP contribution in [0.1, 0.15) is 39.4 Å². The van der Waals surface area contributed by atoms with Crippen molar-refractivity contribution >= 4 is 12.2 Å². The summed E-state index contributed by atoms with van der Waals surface area (Å²) >= 11 is 0. The molecule has 128 valence electrons. The van der Waals surface area contributed by atoms with Crippen molar-refractivity contribution in [2.24, 2.45) is 0 Å². The summed E-state index contributed by atoms with van der Waals surface area (Å²) in [6.45, 7) is 2.11. The standard InChI is InChI=1S/C18H16N2O5/c1-10-17(11-5-3-2-4-6-11)25-13-8-19-7-12(9-21)15(22)16(23)14(19)18(24)20(10)13/h2-7,9-10,13,17,23H,8H2,1H3/t10-,13?,17-/m1/s1. The van der Waals surface area contributed by atoms with Gasteiger partial charge in [0.2, 0.25) is 5.43 Å². The van der Waals surface area contributed by atoms with Crippen LogP contribution in [0.5, 0.6) is 5.75 Å². The zero-order valence-corrected chi connectivity index (χ0v) is 13.5. The third-order valence-electron chi connectivity index (χ3n) is 4.82. The van der Waals surface area contributed by atoms with Gasteiger partial charge in [-0.2, -0.15) is 0 Å². The molecule has 0 aliphatic carbocycles. The summed E-state index contributed by atoms with van der Waals surface area (Å²) in [6, 6.07) is 9.32. The number of aromatic hydroxyl groups is 1. The van der Waals surface area contributed by atoms with E-state index in [9.17, 15) is 19.5 Å². The number of fused-ring (bicyclic) bond motifs is 2. The third kappa shape index (κ3) is 2.20. The topological polar surface area (TPSA) is 88.8 Å². The fourth-order valence-electron chi connectivity index (χ4n) is 3.62. The van der Waals surface area contributed by atoms with E-state index in [1.807, 2.05) is 37.3 Å². The zero-order chi connectivity index (χ0) is 17.7. The highest BCUT2D eigenvalue weighted by atomic mass is 16.5. The highest BCUT2D eigenvalue weighted by Gasteiger charge is 2.47. The molecule has 1 aromatic heterocycles. The van der Waals surface area contributed by atoms with Gasteiger partial charge in [0.05, 0.1) is 18.2 Å². The SMILES string of the molecule is C[C@@H]1[C@H](c2ccccc2)OC2Cn3cc(C=O)c(=O)c(O)c3C(=O)N21.